The number of sulfonamides is 1. The number of carbonyl (C=O) groups excluding carboxylic acids is 1. The number of hydrogen-bond acceptors (Lipinski definition) is 6. The number of nitrogens with zero attached hydrogens (tertiary/aromatic N) is 2. The minimum absolute atomic E-state index is 0.110. The van der Waals surface area contributed by atoms with Gasteiger partial charge in [-0.15, -0.1) is 0 Å². The van der Waals surface area contributed by atoms with Gasteiger partial charge >= 0.3 is 0 Å². The number of aliphatic hydroxyl groups is 3. The van der Waals surface area contributed by atoms with Crippen molar-refractivity contribution >= 4 is 27.5 Å². The van der Waals surface area contributed by atoms with E-state index in [0.717, 1.165) is 25.7 Å². The van der Waals surface area contributed by atoms with E-state index in [9.17, 15) is 28.5 Å². The van der Waals surface area contributed by atoms with E-state index in [1.165, 1.54) is 12.1 Å². The fraction of sp³-hybridized carbons (Fsp3) is 0.750. The number of fused-ring (bicyclic) bond motifs is 2. The smallest absolute Gasteiger partial charge is 0.252 e. The molecule has 3 aliphatic heterocycles. The standard InChI is InChI=1S/C28H39ClN2O6S/c1-2-27(35)15-19-7-8-20(16-27)30(19)26(34)25(33)28(11-12-28)24-14-21(32)13-23(17-3-4-17)31(24)38(36,37)22-9-5-18(29)6-10-22/h5-6,9-10,17,19-21,23-25,32-33,35H,2-4,7-8,11-16H2,1H3. The van der Waals surface area contributed by atoms with Crippen LogP contribution in [0.25, 0.3) is 0 Å². The van der Waals surface area contributed by atoms with Crippen molar-refractivity contribution in [1.29, 1.82) is 0 Å². The third-order valence-corrected chi connectivity index (χ3v) is 12.4. The van der Waals surface area contributed by atoms with E-state index in [-0.39, 0.29) is 41.3 Å². The van der Waals surface area contributed by atoms with E-state index >= 15 is 0 Å². The van der Waals surface area contributed by atoms with Crippen LogP contribution in [-0.2, 0) is 14.8 Å². The van der Waals surface area contributed by atoms with Crippen LogP contribution in [0.3, 0.4) is 0 Å². The molecule has 8 nitrogen and oxygen atoms in total. The first-order valence-corrected chi connectivity index (χ1v) is 16.0. The quantitative estimate of drug-likeness (QED) is 0.467. The molecule has 2 bridgehead atoms. The van der Waals surface area contributed by atoms with Gasteiger partial charge in [0.25, 0.3) is 5.91 Å². The second-order valence-electron chi connectivity index (χ2n) is 12.6. The fourth-order valence-electron chi connectivity index (χ4n) is 7.81. The van der Waals surface area contributed by atoms with Gasteiger partial charge in [0.2, 0.25) is 10.0 Å². The number of carbonyl (C=O) groups is 1. The molecule has 1 amide bonds. The van der Waals surface area contributed by atoms with Crippen molar-refractivity contribution in [3.8, 4) is 0 Å². The van der Waals surface area contributed by atoms with Crippen molar-refractivity contribution in [3.05, 3.63) is 29.3 Å². The Kier molecular flexibility index (Phi) is 6.68. The van der Waals surface area contributed by atoms with Crippen LogP contribution in [0.15, 0.2) is 29.2 Å². The molecule has 6 unspecified atom stereocenters. The van der Waals surface area contributed by atoms with E-state index in [4.69, 9.17) is 11.6 Å². The van der Waals surface area contributed by atoms with Gasteiger partial charge in [-0.25, -0.2) is 8.42 Å². The average Bonchev–Trinajstić information content (AvgIpc) is 3.80. The molecule has 6 atom stereocenters. The Bertz CT molecular complexity index is 1170. The Labute approximate surface area is 230 Å². The lowest BCUT2D eigenvalue weighted by Gasteiger charge is -2.49. The molecule has 3 heterocycles. The summed E-state index contributed by atoms with van der Waals surface area (Å²) >= 11 is 6.04. The molecule has 2 saturated carbocycles. The van der Waals surface area contributed by atoms with Gasteiger partial charge in [0.05, 0.1) is 16.6 Å². The molecule has 6 rings (SSSR count). The first kappa shape index (κ1) is 27.0. The molecule has 5 fully saturated rings. The normalized spacial score (nSPS) is 37.7. The molecule has 3 saturated heterocycles. The highest BCUT2D eigenvalue weighted by molar-refractivity contribution is 7.89. The predicted molar refractivity (Wildman–Crippen MR) is 142 cm³/mol. The molecule has 10 heteroatoms. The van der Waals surface area contributed by atoms with Crippen molar-refractivity contribution in [1.82, 2.24) is 9.21 Å². The topological polar surface area (TPSA) is 118 Å². The van der Waals surface area contributed by atoms with Gasteiger partial charge in [0.15, 0.2) is 0 Å². The number of amides is 1. The summed E-state index contributed by atoms with van der Waals surface area (Å²) < 4.78 is 29.8. The van der Waals surface area contributed by atoms with Crippen LogP contribution >= 0.6 is 11.6 Å². The van der Waals surface area contributed by atoms with Crippen molar-refractivity contribution in [3.63, 3.8) is 0 Å². The van der Waals surface area contributed by atoms with Crippen LogP contribution < -0.4 is 0 Å². The summed E-state index contributed by atoms with van der Waals surface area (Å²) in [6.45, 7) is 1.96. The van der Waals surface area contributed by atoms with Gasteiger partial charge in [-0.3, -0.25) is 4.79 Å². The zero-order valence-electron chi connectivity index (χ0n) is 21.9. The molecule has 5 aliphatic rings. The van der Waals surface area contributed by atoms with E-state index < -0.39 is 39.3 Å². The SMILES string of the molecule is CCC1(O)CC2CCC(C1)N2C(=O)C(O)C1(C2CC(O)CC(C3CC3)N2S(=O)(=O)c2ccc(Cl)cc2)CC1. The van der Waals surface area contributed by atoms with Crippen LogP contribution in [0.5, 0.6) is 0 Å². The molecule has 210 valence electrons. The van der Waals surface area contributed by atoms with Crippen LogP contribution in [0.2, 0.25) is 5.02 Å². The van der Waals surface area contributed by atoms with Gasteiger partial charge in [-0.1, -0.05) is 18.5 Å². The average molecular weight is 567 g/mol. The summed E-state index contributed by atoms with van der Waals surface area (Å²) in [7, 11) is -3.97. The third kappa shape index (κ3) is 4.41. The second-order valence-corrected chi connectivity index (χ2v) is 14.9. The lowest BCUT2D eigenvalue weighted by Crippen LogP contribution is -2.62. The first-order valence-electron chi connectivity index (χ1n) is 14.2. The maximum atomic E-state index is 14.1. The lowest BCUT2D eigenvalue weighted by atomic mass is 9.79. The van der Waals surface area contributed by atoms with Crippen molar-refractivity contribution < 1.29 is 28.5 Å². The number of hydrogen-bond donors (Lipinski definition) is 3. The van der Waals surface area contributed by atoms with E-state index in [1.807, 2.05) is 6.92 Å². The molecule has 0 radical (unpaired) electrons. The number of benzene rings is 1. The number of halogens is 1. The van der Waals surface area contributed by atoms with Gasteiger partial charge in [0.1, 0.15) is 6.10 Å². The van der Waals surface area contributed by atoms with Gasteiger partial charge in [0, 0.05) is 34.6 Å². The van der Waals surface area contributed by atoms with Crippen LogP contribution in [0.4, 0.5) is 0 Å². The van der Waals surface area contributed by atoms with Gasteiger partial charge < -0.3 is 20.2 Å². The molecule has 2 aliphatic carbocycles. The van der Waals surface area contributed by atoms with Crippen LogP contribution in [-0.4, -0.2) is 80.8 Å². The molecule has 3 N–H and O–H groups in total. The van der Waals surface area contributed by atoms with E-state index in [1.54, 1.807) is 21.3 Å². The Morgan fingerprint density at radius 3 is 2.21 bits per heavy atom. The Hall–Kier alpha value is -1.23. The number of rotatable bonds is 7. The third-order valence-electron chi connectivity index (χ3n) is 10.2. The minimum atomic E-state index is -3.97. The summed E-state index contributed by atoms with van der Waals surface area (Å²) in [6, 6.07) is 4.87. The molecular weight excluding hydrogens is 528 g/mol. The van der Waals surface area contributed by atoms with Crippen molar-refractivity contribution in [2.24, 2.45) is 11.3 Å². The largest absolute Gasteiger partial charge is 0.393 e. The molecule has 1 aromatic rings. The van der Waals surface area contributed by atoms with Crippen molar-refractivity contribution in [2.45, 2.75) is 124 Å². The van der Waals surface area contributed by atoms with Gasteiger partial charge in [-0.2, -0.15) is 4.31 Å². The van der Waals surface area contributed by atoms with Gasteiger partial charge in [-0.05, 0) is 101 Å². The summed E-state index contributed by atoms with van der Waals surface area (Å²) in [5.41, 5.74) is -1.71. The molecule has 38 heavy (non-hydrogen) atoms. The zero-order valence-corrected chi connectivity index (χ0v) is 23.4. The molecule has 0 aromatic heterocycles. The first-order chi connectivity index (χ1) is 18.0. The summed E-state index contributed by atoms with van der Waals surface area (Å²) in [4.78, 5) is 15.8. The van der Waals surface area contributed by atoms with Crippen LogP contribution in [0.1, 0.15) is 77.6 Å². The zero-order chi connectivity index (χ0) is 27.0. The number of piperidine rings is 2. The molecule has 1 aromatic carbocycles. The lowest BCUT2D eigenvalue weighted by molar-refractivity contribution is -0.157. The van der Waals surface area contributed by atoms with Crippen molar-refractivity contribution in [2.75, 3.05) is 0 Å². The fourth-order valence-corrected chi connectivity index (χ4v) is 9.90. The summed E-state index contributed by atoms with van der Waals surface area (Å²) in [6.07, 6.45) is 4.66. The Morgan fingerprint density at radius 1 is 1.08 bits per heavy atom. The molecule has 0 spiro atoms. The number of aliphatic hydroxyl groups excluding tert-OH is 2. The highest BCUT2D eigenvalue weighted by Crippen LogP contribution is 2.59. The Balaban J connectivity index is 1.33. The highest BCUT2D eigenvalue weighted by atomic mass is 35.5. The maximum Gasteiger partial charge on any atom is 0.252 e. The second kappa shape index (κ2) is 9.42. The highest BCUT2D eigenvalue weighted by Gasteiger charge is 2.65. The summed E-state index contributed by atoms with van der Waals surface area (Å²) in [5, 5.41) is 34.0. The predicted octanol–water partition coefficient (Wildman–Crippen LogP) is 3.07. The van der Waals surface area contributed by atoms with E-state index in [0.29, 0.717) is 43.5 Å². The van der Waals surface area contributed by atoms with Crippen LogP contribution in [0, 0.1) is 11.3 Å². The summed E-state index contributed by atoms with van der Waals surface area (Å²) in [5.74, 6) is -0.178. The Morgan fingerprint density at radius 2 is 1.68 bits per heavy atom. The monoisotopic (exact) mass is 566 g/mol. The maximum absolute atomic E-state index is 14.1. The molecular formula is C28H39ClN2O6S. The van der Waals surface area contributed by atoms with E-state index in [2.05, 4.69) is 0 Å². The minimum Gasteiger partial charge on any atom is -0.393 e.